The maximum Gasteiger partial charge on any atom is 0.416 e. The SMILES string of the molecule is FC(F)(F)c1ccc(-c2n[nH]c(=S)n2CCN2CCCCC2)cc1. The zero-order valence-electron chi connectivity index (χ0n) is 13.1. The second-order valence-electron chi connectivity index (χ2n) is 5.98. The van der Waals surface area contributed by atoms with Crippen LogP contribution >= 0.6 is 12.2 Å². The van der Waals surface area contributed by atoms with Crippen molar-refractivity contribution >= 4 is 12.2 Å². The maximum absolute atomic E-state index is 12.7. The minimum Gasteiger partial charge on any atom is -0.302 e. The van der Waals surface area contributed by atoms with E-state index in [1.807, 2.05) is 4.57 Å². The Balaban J connectivity index is 1.77. The molecule has 1 aliphatic heterocycles. The molecule has 0 spiro atoms. The maximum atomic E-state index is 12.7. The van der Waals surface area contributed by atoms with E-state index in [0.29, 0.717) is 22.7 Å². The van der Waals surface area contributed by atoms with Gasteiger partial charge in [0, 0.05) is 18.7 Å². The number of H-pyrrole nitrogens is 1. The standard InChI is InChI=1S/C16H19F3N4S/c17-16(18,19)13-6-4-12(5-7-13)14-20-21-15(24)23(14)11-10-22-8-2-1-3-9-22/h4-7H,1-3,8-11H2,(H,21,24). The van der Waals surface area contributed by atoms with Crippen LogP contribution in [0.3, 0.4) is 0 Å². The van der Waals surface area contributed by atoms with Crippen molar-refractivity contribution in [3.63, 3.8) is 0 Å². The lowest BCUT2D eigenvalue weighted by atomic mass is 10.1. The van der Waals surface area contributed by atoms with Crippen LogP contribution in [0.1, 0.15) is 24.8 Å². The lowest BCUT2D eigenvalue weighted by Gasteiger charge is -2.26. The Morgan fingerprint density at radius 3 is 2.33 bits per heavy atom. The molecule has 8 heteroatoms. The van der Waals surface area contributed by atoms with Crippen molar-refractivity contribution in [1.82, 2.24) is 19.7 Å². The summed E-state index contributed by atoms with van der Waals surface area (Å²) in [6.45, 7) is 3.70. The highest BCUT2D eigenvalue weighted by atomic mass is 32.1. The van der Waals surface area contributed by atoms with Crippen LogP contribution in [-0.4, -0.2) is 39.3 Å². The first-order valence-electron chi connectivity index (χ1n) is 8.00. The Morgan fingerprint density at radius 1 is 1.04 bits per heavy atom. The number of halogens is 3. The molecule has 0 radical (unpaired) electrons. The normalized spacial score (nSPS) is 16.5. The van der Waals surface area contributed by atoms with Crippen LogP contribution in [-0.2, 0) is 12.7 Å². The van der Waals surface area contributed by atoms with Crippen molar-refractivity contribution in [3.05, 3.63) is 34.6 Å². The Bertz CT molecular complexity index is 727. The average molecular weight is 356 g/mol. The van der Waals surface area contributed by atoms with Crippen LogP contribution in [0.4, 0.5) is 13.2 Å². The van der Waals surface area contributed by atoms with Crippen molar-refractivity contribution in [2.75, 3.05) is 19.6 Å². The van der Waals surface area contributed by atoms with Crippen molar-refractivity contribution in [2.45, 2.75) is 32.0 Å². The number of aromatic amines is 1. The van der Waals surface area contributed by atoms with Crippen LogP contribution in [0.25, 0.3) is 11.4 Å². The molecule has 1 fully saturated rings. The Hall–Kier alpha value is -1.67. The molecule has 0 unspecified atom stereocenters. The molecule has 130 valence electrons. The molecule has 0 atom stereocenters. The molecule has 1 saturated heterocycles. The van der Waals surface area contributed by atoms with Crippen LogP contribution < -0.4 is 0 Å². The summed E-state index contributed by atoms with van der Waals surface area (Å²) in [6, 6.07) is 5.01. The van der Waals surface area contributed by atoms with Gasteiger partial charge in [-0.25, -0.2) is 0 Å². The Morgan fingerprint density at radius 2 is 1.71 bits per heavy atom. The van der Waals surface area contributed by atoms with E-state index >= 15 is 0 Å². The number of likely N-dealkylation sites (tertiary alicyclic amines) is 1. The number of nitrogens with one attached hydrogen (secondary N) is 1. The number of nitrogens with zero attached hydrogens (tertiary/aromatic N) is 3. The van der Waals surface area contributed by atoms with E-state index in [9.17, 15) is 13.2 Å². The summed E-state index contributed by atoms with van der Waals surface area (Å²) >= 11 is 5.27. The smallest absolute Gasteiger partial charge is 0.302 e. The number of hydrogen-bond donors (Lipinski definition) is 1. The van der Waals surface area contributed by atoms with E-state index in [4.69, 9.17) is 12.2 Å². The second kappa shape index (κ2) is 7.06. The van der Waals surface area contributed by atoms with Gasteiger partial charge in [-0.15, -0.1) is 0 Å². The van der Waals surface area contributed by atoms with Gasteiger partial charge in [-0.2, -0.15) is 18.3 Å². The monoisotopic (exact) mass is 356 g/mol. The predicted octanol–water partition coefficient (Wildman–Crippen LogP) is 4.11. The van der Waals surface area contributed by atoms with E-state index in [1.54, 1.807) is 0 Å². The molecule has 2 heterocycles. The van der Waals surface area contributed by atoms with Gasteiger partial charge in [0.2, 0.25) is 0 Å². The van der Waals surface area contributed by atoms with Crippen molar-refractivity contribution in [1.29, 1.82) is 0 Å². The van der Waals surface area contributed by atoms with E-state index in [2.05, 4.69) is 15.1 Å². The van der Waals surface area contributed by atoms with Gasteiger partial charge in [0.25, 0.3) is 0 Å². The third kappa shape index (κ3) is 3.87. The fraction of sp³-hybridized carbons (Fsp3) is 0.500. The summed E-state index contributed by atoms with van der Waals surface area (Å²) in [5.41, 5.74) is -0.0470. The summed E-state index contributed by atoms with van der Waals surface area (Å²) in [5.74, 6) is 0.575. The quantitative estimate of drug-likeness (QED) is 0.838. The molecule has 3 rings (SSSR count). The van der Waals surface area contributed by atoms with Gasteiger partial charge >= 0.3 is 6.18 Å². The molecule has 4 nitrogen and oxygen atoms in total. The van der Waals surface area contributed by atoms with Gasteiger partial charge < -0.3 is 4.90 Å². The zero-order chi connectivity index (χ0) is 17.2. The lowest BCUT2D eigenvalue weighted by molar-refractivity contribution is -0.137. The second-order valence-corrected chi connectivity index (χ2v) is 6.37. The highest BCUT2D eigenvalue weighted by Crippen LogP contribution is 2.30. The predicted molar refractivity (Wildman–Crippen MR) is 88.1 cm³/mol. The highest BCUT2D eigenvalue weighted by Gasteiger charge is 2.30. The lowest BCUT2D eigenvalue weighted by Crippen LogP contribution is -2.32. The topological polar surface area (TPSA) is 36.9 Å². The molecule has 1 N–H and O–H groups in total. The minimum absolute atomic E-state index is 0.488. The number of hydrogen-bond acceptors (Lipinski definition) is 3. The largest absolute Gasteiger partial charge is 0.416 e. The van der Waals surface area contributed by atoms with E-state index in [1.165, 1.54) is 31.4 Å². The third-order valence-electron chi connectivity index (χ3n) is 4.32. The molecule has 1 aromatic carbocycles. The highest BCUT2D eigenvalue weighted by molar-refractivity contribution is 7.71. The molecule has 1 aromatic heterocycles. The van der Waals surface area contributed by atoms with Crippen molar-refractivity contribution in [2.24, 2.45) is 0 Å². The van der Waals surface area contributed by atoms with Crippen molar-refractivity contribution < 1.29 is 13.2 Å². The summed E-state index contributed by atoms with van der Waals surface area (Å²) in [5, 5.41) is 6.93. The fourth-order valence-electron chi connectivity index (χ4n) is 2.98. The van der Waals surface area contributed by atoms with Crippen LogP contribution in [0.2, 0.25) is 0 Å². The molecule has 0 saturated carbocycles. The minimum atomic E-state index is -4.34. The molecular formula is C16H19F3N4S. The Kier molecular flexibility index (Phi) is 5.05. The number of alkyl halides is 3. The number of benzene rings is 1. The first-order valence-corrected chi connectivity index (χ1v) is 8.41. The van der Waals surface area contributed by atoms with Gasteiger partial charge in [0.05, 0.1) is 5.56 Å². The summed E-state index contributed by atoms with van der Waals surface area (Å²) in [4.78, 5) is 2.38. The van der Waals surface area contributed by atoms with Gasteiger partial charge in [-0.05, 0) is 50.3 Å². The average Bonchev–Trinajstić information content (AvgIpc) is 2.94. The molecule has 0 amide bonds. The Labute approximate surface area is 143 Å². The first-order chi connectivity index (χ1) is 11.4. The molecule has 1 aliphatic rings. The summed E-state index contributed by atoms with van der Waals surface area (Å²) < 4.78 is 40.4. The van der Waals surface area contributed by atoms with Gasteiger partial charge in [-0.3, -0.25) is 9.67 Å². The fourth-order valence-corrected chi connectivity index (χ4v) is 3.20. The number of rotatable bonds is 4. The number of piperidine rings is 1. The third-order valence-corrected chi connectivity index (χ3v) is 4.63. The number of aromatic nitrogens is 3. The summed E-state index contributed by atoms with van der Waals surface area (Å²) in [6.07, 6.45) is -0.638. The van der Waals surface area contributed by atoms with Gasteiger partial charge in [0.15, 0.2) is 10.6 Å². The molecule has 2 aromatic rings. The van der Waals surface area contributed by atoms with Gasteiger partial charge in [0.1, 0.15) is 0 Å². The van der Waals surface area contributed by atoms with Crippen LogP contribution in [0, 0.1) is 4.77 Å². The molecule has 0 bridgehead atoms. The molecular weight excluding hydrogens is 337 g/mol. The first kappa shape index (κ1) is 17.2. The van der Waals surface area contributed by atoms with Crippen LogP contribution in [0.15, 0.2) is 24.3 Å². The zero-order valence-corrected chi connectivity index (χ0v) is 14.0. The van der Waals surface area contributed by atoms with Crippen LogP contribution in [0.5, 0.6) is 0 Å². The molecule has 24 heavy (non-hydrogen) atoms. The van der Waals surface area contributed by atoms with E-state index < -0.39 is 11.7 Å². The van der Waals surface area contributed by atoms with Crippen molar-refractivity contribution in [3.8, 4) is 11.4 Å². The van der Waals surface area contributed by atoms with Gasteiger partial charge in [-0.1, -0.05) is 18.6 Å². The van der Waals surface area contributed by atoms with E-state index in [-0.39, 0.29) is 0 Å². The molecule has 0 aliphatic carbocycles. The summed E-state index contributed by atoms with van der Waals surface area (Å²) in [7, 11) is 0. The van der Waals surface area contributed by atoms with E-state index in [0.717, 1.165) is 31.8 Å².